The molecule has 92 valence electrons. The molecule has 0 rings (SSSR count). The summed E-state index contributed by atoms with van der Waals surface area (Å²) < 4.78 is 0. The quantitative estimate of drug-likeness (QED) is 0.646. The summed E-state index contributed by atoms with van der Waals surface area (Å²) in [4.78, 5) is 2.32. The molecule has 3 heteroatoms. The van der Waals surface area contributed by atoms with Crippen molar-refractivity contribution < 1.29 is 5.11 Å². The van der Waals surface area contributed by atoms with E-state index < -0.39 is 0 Å². The molecular formula is C12H28N2O. The summed E-state index contributed by atoms with van der Waals surface area (Å²) in [7, 11) is 0. The highest BCUT2D eigenvalue weighted by Gasteiger charge is 2.20. The van der Waals surface area contributed by atoms with E-state index >= 15 is 0 Å². The van der Waals surface area contributed by atoms with E-state index in [1.165, 1.54) is 0 Å². The second-order valence-corrected chi connectivity index (χ2v) is 5.17. The molecule has 0 aromatic carbocycles. The summed E-state index contributed by atoms with van der Waals surface area (Å²) in [6, 6.07) is 0. The normalized spacial score (nSPS) is 14.6. The van der Waals surface area contributed by atoms with E-state index in [0.29, 0.717) is 6.54 Å². The molecule has 0 saturated carbocycles. The van der Waals surface area contributed by atoms with Crippen LogP contribution in [0.5, 0.6) is 0 Å². The van der Waals surface area contributed by atoms with Crippen molar-refractivity contribution in [2.24, 2.45) is 11.1 Å². The fraction of sp³-hybridized carbons (Fsp3) is 1.00. The number of rotatable bonds is 8. The minimum absolute atomic E-state index is 0.141. The van der Waals surface area contributed by atoms with E-state index in [0.717, 1.165) is 32.5 Å². The van der Waals surface area contributed by atoms with Crippen molar-refractivity contribution in [2.45, 2.75) is 46.6 Å². The zero-order valence-corrected chi connectivity index (χ0v) is 10.8. The number of nitrogens with two attached hydrogens (primary N) is 1. The molecule has 0 aliphatic carbocycles. The largest absolute Gasteiger partial charge is 0.392 e. The van der Waals surface area contributed by atoms with Gasteiger partial charge in [-0.1, -0.05) is 27.7 Å². The van der Waals surface area contributed by atoms with Crippen LogP contribution in [0.3, 0.4) is 0 Å². The van der Waals surface area contributed by atoms with Crippen LogP contribution in [0.2, 0.25) is 0 Å². The van der Waals surface area contributed by atoms with Crippen LogP contribution in [0.1, 0.15) is 40.5 Å². The van der Waals surface area contributed by atoms with E-state index in [4.69, 9.17) is 5.73 Å². The highest BCUT2D eigenvalue weighted by atomic mass is 16.3. The van der Waals surface area contributed by atoms with Crippen molar-refractivity contribution in [1.82, 2.24) is 4.90 Å². The Morgan fingerprint density at radius 3 is 2.33 bits per heavy atom. The minimum Gasteiger partial charge on any atom is -0.392 e. The monoisotopic (exact) mass is 216 g/mol. The van der Waals surface area contributed by atoms with Gasteiger partial charge in [-0.15, -0.1) is 0 Å². The van der Waals surface area contributed by atoms with Gasteiger partial charge < -0.3 is 15.7 Å². The molecular weight excluding hydrogens is 188 g/mol. The molecule has 0 aliphatic heterocycles. The van der Waals surface area contributed by atoms with Crippen molar-refractivity contribution in [3.05, 3.63) is 0 Å². The SMILES string of the molecule is CCCN(CC(O)CC)CC(C)(C)CN. The highest BCUT2D eigenvalue weighted by molar-refractivity contribution is 4.76. The molecule has 0 saturated heterocycles. The van der Waals surface area contributed by atoms with Crippen LogP contribution in [0.4, 0.5) is 0 Å². The molecule has 0 bridgehead atoms. The van der Waals surface area contributed by atoms with E-state index in [1.807, 2.05) is 6.92 Å². The third kappa shape index (κ3) is 6.88. The first-order valence-electron chi connectivity index (χ1n) is 6.05. The average Bonchev–Trinajstić information content (AvgIpc) is 2.17. The predicted molar refractivity (Wildman–Crippen MR) is 65.9 cm³/mol. The van der Waals surface area contributed by atoms with Crippen LogP contribution >= 0.6 is 0 Å². The first-order chi connectivity index (χ1) is 6.95. The van der Waals surface area contributed by atoms with E-state index in [9.17, 15) is 5.11 Å². The summed E-state index contributed by atoms with van der Waals surface area (Å²) in [5.41, 5.74) is 5.87. The van der Waals surface area contributed by atoms with Gasteiger partial charge in [-0.05, 0) is 31.3 Å². The fourth-order valence-corrected chi connectivity index (χ4v) is 1.65. The first kappa shape index (κ1) is 14.9. The van der Waals surface area contributed by atoms with E-state index in [2.05, 4.69) is 25.7 Å². The molecule has 0 radical (unpaired) electrons. The summed E-state index contributed by atoms with van der Waals surface area (Å²) in [5.74, 6) is 0. The van der Waals surface area contributed by atoms with Gasteiger partial charge in [0.15, 0.2) is 0 Å². The van der Waals surface area contributed by atoms with Gasteiger partial charge in [0.1, 0.15) is 0 Å². The number of hydrogen-bond acceptors (Lipinski definition) is 3. The van der Waals surface area contributed by atoms with Gasteiger partial charge in [0.25, 0.3) is 0 Å². The molecule has 0 fully saturated rings. The lowest BCUT2D eigenvalue weighted by Crippen LogP contribution is -2.42. The molecule has 0 aliphatic rings. The van der Waals surface area contributed by atoms with Gasteiger partial charge in [0.2, 0.25) is 0 Å². The Balaban J connectivity index is 4.14. The van der Waals surface area contributed by atoms with Crippen molar-refractivity contribution in [3.8, 4) is 0 Å². The third-order valence-electron chi connectivity index (χ3n) is 2.68. The smallest absolute Gasteiger partial charge is 0.0664 e. The number of nitrogens with zero attached hydrogens (tertiary/aromatic N) is 1. The van der Waals surface area contributed by atoms with E-state index in [1.54, 1.807) is 0 Å². The highest BCUT2D eigenvalue weighted by Crippen LogP contribution is 2.15. The van der Waals surface area contributed by atoms with Crippen LogP contribution in [0, 0.1) is 5.41 Å². The Morgan fingerprint density at radius 2 is 1.93 bits per heavy atom. The van der Waals surface area contributed by atoms with Crippen molar-refractivity contribution >= 4 is 0 Å². The molecule has 0 spiro atoms. The van der Waals surface area contributed by atoms with Crippen LogP contribution in [0.15, 0.2) is 0 Å². The summed E-state index contributed by atoms with van der Waals surface area (Å²) in [5, 5.41) is 9.65. The Morgan fingerprint density at radius 1 is 1.33 bits per heavy atom. The van der Waals surface area contributed by atoms with Gasteiger partial charge in [-0.2, -0.15) is 0 Å². The first-order valence-corrected chi connectivity index (χ1v) is 6.05. The van der Waals surface area contributed by atoms with Gasteiger partial charge >= 0.3 is 0 Å². The predicted octanol–water partition coefficient (Wildman–Crippen LogP) is 1.45. The molecule has 0 amide bonds. The van der Waals surface area contributed by atoms with Crippen LogP contribution in [0.25, 0.3) is 0 Å². The van der Waals surface area contributed by atoms with Crippen molar-refractivity contribution in [1.29, 1.82) is 0 Å². The van der Waals surface area contributed by atoms with Gasteiger partial charge in [-0.3, -0.25) is 0 Å². The Hall–Kier alpha value is -0.120. The maximum Gasteiger partial charge on any atom is 0.0664 e. The molecule has 0 aromatic rings. The maximum absolute atomic E-state index is 9.65. The van der Waals surface area contributed by atoms with Crippen molar-refractivity contribution in [3.63, 3.8) is 0 Å². The number of aliphatic hydroxyl groups excluding tert-OH is 1. The molecule has 0 aromatic heterocycles. The molecule has 0 heterocycles. The van der Waals surface area contributed by atoms with Crippen LogP contribution in [-0.2, 0) is 0 Å². The molecule has 3 nitrogen and oxygen atoms in total. The fourth-order valence-electron chi connectivity index (χ4n) is 1.65. The van der Waals surface area contributed by atoms with Gasteiger partial charge in [0, 0.05) is 13.1 Å². The Labute approximate surface area is 94.6 Å². The molecule has 1 unspecified atom stereocenters. The molecule has 3 N–H and O–H groups in total. The third-order valence-corrected chi connectivity index (χ3v) is 2.68. The molecule has 1 atom stereocenters. The summed E-state index contributed by atoms with van der Waals surface area (Å²) in [6.07, 6.45) is 1.74. The van der Waals surface area contributed by atoms with E-state index in [-0.39, 0.29) is 11.5 Å². The van der Waals surface area contributed by atoms with Crippen LogP contribution in [-0.4, -0.2) is 42.3 Å². The topological polar surface area (TPSA) is 49.5 Å². The Bertz CT molecular complexity index is 160. The maximum atomic E-state index is 9.65. The zero-order valence-electron chi connectivity index (χ0n) is 10.8. The summed E-state index contributed by atoms with van der Waals surface area (Å²) in [6.45, 7) is 12.0. The molecule has 15 heavy (non-hydrogen) atoms. The summed E-state index contributed by atoms with van der Waals surface area (Å²) >= 11 is 0. The average molecular weight is 216 g/mol. The number of aliphatic hydroxyl groups is 1. The lowest BCUT2D eigenvalue weighted by molar-refractivity contribution is 0.0872. The van der Waals surface area contributed by atoms with Crippen LogP contribution < -0.4 is 5.73 Å². The van der Waals surface area contributed by atoms with Gasteiger partial charge in [0.05, 0.1) is 6.10 Å². The van der Waals surface area contributed by atoms with Gasteiger partial charge in [-0.25, -0.2) is 0 Å². The lowest BCUT2D eigenvalue weighted by atomic mass is 9.93. The number of hydrogen-bond donors (Lipinski definition) is 2. The second kappa shape index (κ2) is 7.20. The van der Waals surface area contributed by atoms with Crippen molar-refractivity contribution in [2.75, 3.05) is 26.2 Å². The zero-order chi connectivity index (χ0) is 11.9. The standard InChI is InChI=1S/C12H28N2O/c1-5-7-14(8-11(15)6-2)10-12(3,4)9-13/h11,15H,5-10,13H2,1-4H3. The Kier molecular flexibility index (Phi) is 7.14. The second-order valence-electron chi connectivity index (χ2n) is 5.17. The minimum atomic E-state index is -0.204. The lowest BCUT2D eigenvalue weighted by Gasteiger charge is -2.32.